The fourth-order valence-electron chi connectivity index (χ4n) is 4.77. The maximum absolute atomic E-state index is 13.9. The summed E-state index contributed by atoms with van der Waals surface area (Å²) in [4.78, 5) is 27.3. The van der Waals surface area contributed by atoms with Gasteiger partial charge in [-0.2, -0.15) is 5.10 Å². The molecule has 4 heterocycles. The molecule has 9 heteroatoms. The van der Waals surface area contributed by atoms with Crippen LogP contribution in [0.5, 0.6) is 11.5 Å². The average molecular weight is 500 g/mol. The van der Waals surface area contributed by atoms with Gasteiger partial charge in [0.2, 0.25) is 11.8 Å². The summed E-state index contributed by atoms with van der Waals surface area (Å²) in [5.41, 5.74) is 2.32. The summed E-state index contributed by atoms with van der Waals surface area (Å²) < 4.78 is 7.72. The van der Waals surface area contributed by atoms with E-state index in [2.05, 4.69) is 16.0 Å². The molecule has 0 bridgehead atoms. The number of ether oxygens (including phenoxy) is 1. The van der Waals surface area contributed by atoms with Gasteiger partial charge in [-0.25, -0.2) is 4.68 Å². The molecule has 2 aromatic heterocycles. The molecule has 1 fully saturated rings. The van der Waals surface area contributed by atoms with Gasteiger partial charge >= 0.3 is 0 Å². The van der Waals surface area contributed by atoms with Crippen LogP contribution in [-0.4, -0.2) is 27.6 Å². The Labute approximate surface area is 212 Å². The lowest BCUT2D eigenvalue weighted by Crippen LogP contribution is -2.53. The van der Waals surface area contributed by atoms with E-state index in [1.165, 1.54) is 0 Å². The number of benzene rings is 2. The molecule has 2 aliphatic rings. The predicted molar refractivity (Wildman–Crippen MR) is 138 cm³/mol. The van der Waals surface area contributed by atoms with Crippen molar-refractivity contribution in [2.75, 3.05) is 5.32 Å². The summed E-state index contributed by atoms with van der Waals surface area (Å²) in [5.74, 6) is 1.01. The fraction of sp³-hybridized carbons (Fsp3) is 0.222. The van der Waals surface area contributed by atoms with Crippen LogP contribution in [0.25, 0.3) is 10.6 Å². The van der Waals surface area contributed by atoms with Crippen molar-refractivity contribution in [1.29, 1.82) is 0 Å². The monoisotopic (exact) mass is 499 g/mol. The lowest BCUT2D eigenvalue weighted by atomic mass is 9.87. The van der Waals surface area contributed by atoms with Crippen molar-refractivity contribution < 1.29 is 14.3 Å². The van der Waals surface area contributed by atoms with Crippen LogP contribution in [0, 0.1) is 0 Å². The van der Waals surface area contributed by atoms with E-state index in [1.807, 2.05) is 79.0 Å². The SMILES string of the molecule is CCC1CC(=O)NC(n2nc(-c3cccs3)cc2NC(=O)C2c3ccccc3Oc3ccccc32)N1. The van der Waals surface area contributed by atoms with Gasteiger partial charge in [-0.1, -0.05) is 49.4 Å². The van der Waals surface area contributed by atoms with E-state index in [0.29, 0.717) is 23.7 Å². The fourth-order valence-corrected chi connectivity index (χ4v) is 5.45. The largest absolute Gasteiger partial charge is 0.457 e. The van der Waals surface area contributed by atoms with Gasteiger partial charge in [-0.05, 0) is 30.0 Å². The van der Waals surface area contributed by atoms with Gasteiger partial charge in [0.25, 0.3) is 0 Å². The Morgan fingerprint density at radius 3 is 2.50 bits per heavy atom. The Morgan fingerprint density at radius 2 is 1.83 bits per heavy atom. The minimum Gasteiger partial charge on any atom is -0.457 e. The molecule has 36 heavy (non-hydrogen) atoms. The van der Waals surface area contributed by atoms with Crippen LogP contribution in [0.2, 0.25) is 0 Å². The highest BCUT2D eigenvalue weighted by atomic mass is 32.1. The van der Waals surface area contributed by atoms with Crippen molar-refractivity contribution in [2.24, 2.45) is 0 Å². The number of nitrogens with zero attached hydrogens (tertiary/aromatic N) is 2. The number of hydrogen-bond donors (Lipinski definition) is 3. The Kier molecular flexibility index (Phi) is 5.79. The van der Waals surface area contributed by atoms with Crippen LogP contribution in [0.3, 0.4) is 0 Å². The smallest absolute Gasteiger partial charge is 0.237 e. The second-order valence-corrected chi connectivity index (χ2v) is 9.83. The number of amides is 2. The van der Waals surface area contributed by atoms with E-state index in [0.717, 1.165) is 28.1 Å². The number of nitrogens with one attached hydrogen (secondary N) is 3. The van der Waals surface area contributed by atoms with E-state index >= 15 is 0 Å². The van der Waals surface area contributed by atoms with E-state index in [4.69, 9.17) is 9.84 Å². The van der Waals surface area contributed by atoms with Crippen LogP contribution < -0.4 is 20.7 Å². The van der Waals surface area contributed by atoms with Crippen LogP contribution in [0.15, 0.2) is 72.1 Å². The van der Waals surface area contributed by atoms with Crippen molar-refractivity contribution >= 4 is 29.0 Å². The summed E-state index contributed by atoms with van der Waals surface area (Å²) >= 11 is 1.57. The molecule has 0 aliphatic carbocycles. The quantitative estimate of drug-likeness (QED) is 0.365. The number of carbonyl (C=O) groups excluding carboxylic acids is 2. The van der Waals surface area contributed by atoms with Gasteiger partial charge in [0.1, 0.15) is 23.0 Å². The third-order valence-electron chi connectivity index (χ3n) is 6.56. The van der Waals surface area contributed by atoms with E-state index in [1.54, 1.807) is 16.0 Å². The molecular formula is C27H25N5O3S. The van der Waals surface area contributed by atoms with Gasteiger partial charge < -0.3 is 15.4 Å². The Balaban J connectivity index is 1.39. The zero-order chi connectivity index (χ0) is 24.6. The zero-order valence-electron chi connectivity index (χ0n) is 19.6. The van der Waals surface area contributed by atoms with Crippen molar-refractivity contribution in [3.05, 3.63) is 83.2 Å². The molecule has 2 aliphatic heterocycles. The number of para-hydroxylation sites is 2. The molecule has 2 atom stereocenters. The normalized spacial score (nSPS) is 19.1. The minimum absolute atomic E-state index is 0.0240. The maximum Gasteiger partial charge on any atom is 0.237 e. The van der Waals surface area contributed by atoms with Gasteiger partial charge in [0, 0.05) is 29.7 Å². The van der Waals surface area contributed by atoms with E-state index < -0.39 is 12.2 Å². The first-order valence-corrected chi connectivity index (χ1v) is 12.8. The predicted octanol–water partition coefficient (Wildman–Crippen LogP) is 4.83. The van der Waals surface area contributed by atoms with E-state index in [-0.39, 0.29) is 17.9 Å². The van der Waals surface area contributed by atoms with Gasteiger partial charge in [0.15, 0.2) is 6.29 Å². The molecular weight excluding hydrogens is 474 g/mol. The number of rotatable bonds is 5. The topological polar surface area (TPSA) is 97.3 Å². The Hall–Kier alpha value is -3.95. The third kappa shape index (κ3) is 4.06. The van der Waals surface area contributed by atoms with Crippen LogP contribution in [0.1, 0.15) is 43.1 Å². The van der Waals surface area contributed by atoms with Gasteiger partial charge in [0.05, 0.1) is 10.8 Å². The molecule has 0 spiro atoms. The third-order valence-corrected chi connectivity index (χ3v) is 7.46. The highest BCUT2D eigenvalue weighted by molar-refractivity contribution is 7.13. The summed E-state index contributed by atoms with van der Waals surface area (Å²) in [7, 11) is 0. The molecule has 6 rings (SSSR count). The number of aromatic nitrogens is 2. The van der Waals surface area contributed by atoms with Gasteiger partial charge in [-0.3, -0.25) is 14.9 Å². The molecule has 2 unspecified atom stereocenters. The first-order valence-electron chi connectivity index (χ1n) is 12.0. The Bertz CT molecular complexity index is 1390. The summed E-state index contributed by atoms with van der Waals surface area (Å²) in [6.45, 7) is 2.04. The average Bonchev–Trinajstić information content (AvgIpc) is 3.57. The summed E-state index contributed by atoms with van der Waals surface area (Å²) in [6.07, 6.45) is 0.637. The van der Waals surface area contributed by atoms with Crippen molar-refractivity contribution in [2.45, 2.75) is 38.0 Å². The summed E-state index contributed by atoms with van der Waals surface area (Å²) in [5, 5.41) is 16.3. The van der Waals surface area contributed by atoms with Crippen LogP contribution in [-0.2, 0) is 9.59 Å². The van der Waals surface area contributed by atoms with Crippen molar-refractivity contribution in [3.63, 3.8) is 0 Å². The van der Waals surface area contributed by atoms with Crippen molar-refractivity contribution in [3.8, 4) is 22.1 Å². The molecule has 0 saturated carbocycles. The highest BCUT2D eigenvalue weighted by Crippen LogP contribution is 2.44. The van der Waals surface area contributed by atoms with E-state index in [9.17, 15) is 9.59 Å². The standard InChI is InChI=1S/C27H25N5O3S/c1-2-16-14-24(33)30-27(28-16)32-23(15-19(31-32)22-12-7-13-36-22)29-26(34)25-17-8-3-5-10-20(17)35-21-11-6-4-9-18(21)25/h3-13,15-16,25,27-28H,2,14H2,1H3,(H,29,34)(H,30,33). The number of anilines is 1. The molecule has 0 radical (unpaired) electrons. The van der Waals surface area contributed by atoms with Crippen LogP contribution in [0.4, 0.5) is 5.82 Å². The lowest BCUT2D eigenvalue weighted by molar-refractivity contribution is -0.125. The molecule has 3 N–H and O–H groups in total. The number of fused-ring (bicyclic) bond motifs is 2. The molecule has 2 aromatic carbocycles. The number of hydrogen-bond acceptors (Lipinski definition) is 6. The molecule has 1 saturated heterocycles. The second-order valence-electron chi connectivity index (χ2n) is 8.88. The number of thiophene rings is 1. The second kappa shape index (κ2) is 9.25. The minimum atomic E-state index is -0.575. The number of carbonyl (C=O) groups is 2. The molecule has 8 nitrogen and oxygen atoms in total. The molecule has 2 amide bonds. The lowest BCUT2D eigenvalue weighted by Gasteiger charge is -2.32. The first kappa shape index (κ1) is 22.5. The van der Waals surface area contributed by atoms with Gasteiger partial charge in [-0.15, -0.1) is 11.3 Å². The van der Waals surface area contributed by atoms with Crippen molar-refractivity contribution in [1.82, 2.24) is 20.4 Å². The van der Waals surface area contributed by atoms with Crippen LogP contribution >= 0.6 is 11.3 Å². The maximum atomic E-state index is 13.9. The molecule has 182 valence electrons. The highest BCUT2D eigenvalue weighted by Gasteiger charge is 2.34. The Morgan fingerprint density at radius 1 is 1.11 bits per heavy atom. The summed E-state index contributed by atoms with van der Waals surface area (Å²) in [6, 6.07) is 21.0. The first-order chi connectivity index (χ1) is 17.6. The molecule has 4 aromatic rings. The zero-order valence-corrected chi connectivity index (χ0v) is 20.4.